The van der Waals surface area contributed by atoms with E-state index in [0.717, 1.165) is 66.5 Å². The van der Waals surface area contributed by atoms with Crippen LogP contribution in [0.15, 0.2) is 53.7 Å². The monoisotopic (exact) mass is 588 g/mol. The minimum Gasteiger partial charge on any atom is -0.377 e. The van der Waals surface area contributed by atoms with E-state index in [9.17, 15) is 9.18 Å². The fourth-order valence-corrected chi connectivity index (χ4v) is 6.07. The van der Waals surface area contributed by atoms with Crippen LogP contribution < -0.4 is 10.9 Å². The molecule has 9 nitrogen and oxygen atoms in total. The van der Waals surface area contributed by atoms with Crippen molar-refractivity contribution in [2.24, 2.45) is 7.05 Å². The summed E-state index contributed by atoms with van der Waals surface area (Å²) in [4.78, 5) is 26.8. The van der Waals surface area contributed by atoms with Crippen LogP contribution in [0.5, 0.6) is 0 Å². The van der Waals surface area contributed by atoms with Gasteiger partial charge in [-0.05, 0) is 56.3 Å². The van der Waals surface area contributed by atoms with Gasteiger partial charge in [0.15, 0.2) is 5.82 Å². The number of halogens is 2. The van der Waals surface area contributed by atoms with Gasteiger partial charge in [0.05, 0.1) is 30.3 Å². The summed E-state index contributed by atoms with van der Waals surface area (Å²) in [6.07, 6.45) is 4.55. The number of piperazine rings is 1. The van der Waals surface area contributed by atoms with Crippen molar-refractivity contribution >= 4 is 39.1 Å². The molecule has 0 aliphatic carbocycles. The highest BCUT2D eigenvalue weighted by Gasteiger charge is 2.22. The second-order valence-corrected chi connectivity index (χ2v) is 11.5. The minimum absolute atomic E-state index is 0.0660. The molecule has 6 rings (SSSR count). The van der Waals surface area contributed by atoms with Crippen LogP contribution in [0.1, 0.15) is 24.1 Å². The predicted octanol–water partition coefficient (Wildman–Crippen LogP) is 4.87. The molecule has 0 radical (unpaired) electrons. The lowest BCUT2D eigenvalue weighted by atomic mass is 9.95. The van der Waals surface area contributed by atoms with Crippen molar-refractivity contribution < 1.29 is 4.39 Å². The van der Waals surface area contributed by atoms with E-state index in [4.69, 9.17) is 16.7 Å². The number of nitrogens with zero attached hydrogens (tertiary/aromatic N) is 7. The van der Waals surface area contributed by atoms with E-state index in [1.54, 1.807) is 22.8 Å². The molecule has 1 saturated heterocycles. The van der Waals surface area contributed by atoms with Crippen LogP contribution in [-0.4, -0.2) is 73.9 Å². The van der Waals surface area contributed by atoms with Gasteiger partial charge < -0.3 is 10.2 Å². The van der Waals surface area contributed by atoms with Crippen molar-refractivity contribution in [2.45, 2.75) is 26.4 Å². The molecule has 1 aromatic carbocycles. The molecular weight excluding hydrogens is 555 g/mol. The number of anilines is 1. The van der Waals surface area contributed by atoms with Gasteiger partial charge in [-0.25, -0.2) is 14.1 Å². The number of rotatable bonds is 7. The van der Waals surface area contributed by atoms with Crippen molar-refractivity contribution in [1.29, 1.82) is 0 Å². The first kappa shape index (κ1) is 28.3. The van der Waals surface area contributed by atoms with E-state index in [1.165, 1.54) is 6.20 Å². The second kappa shape index (κ2) is 11.4. The Morgan fingerprint density at radius 3 is 2.60 bits per heavy atom. The average Bonchev–Trinajstić information content (AvgIpc) is 3.40. The summed E-state index contributed by atoms with van der Waals surface area (Å²) in [6, 6.07) is 8.82. The highest BCUT2D eigenvalue weighted by atomic mass is 35.5. The Hall–Kier alpha value is -3.86. The molecule has 1 N–H and O–H groups in total. The molecule has 5 heterocycles. The summed E-state index contributed by atoms with van der Waals surface area (Å²) in [5.41, 5.74) is 3.96. The highest BCUT2D eigenvalue weighted by molar-refractivity contribution is 6.29. The first-order chi connectivity index (χ1) is 20.2. The maximum Gasteiger partial charge on any atom is 0.259 e. The molecule has 0 spiro atoms. The lowest BCUT2D eigenvalue weighted by Gasteiger charge is -2.32. The molecule has 1 aliphatic rings. The number of nitrogens with one attached hydrogen (secondary N) is 1. The van der Waals surface area contributed by atoms with Gasteiger partial charge in [0, 0.05) is 73.7 Å². The zero-order valence-corrected chi connectivity index (χ0v) is 25.0. The van der Waals surface area contributed by atoms with Gasteiger partial charge >= 0.3 is 0 Å². The SMILES string of the molecule is Cc1cc(C(C)Nc2ccc(Cl)nc2-c2ccncc2F)c2c(c1)c(=O)n(C)c1c2cnn1CCN1CCN(C)CC1. The van der Waals surface area contributed by atoms with E-state index >= 15 is 0 Å². The smallest absolute Gasteiger partial charge is 0.259 e. The van der Waals surface area contributed by atoms with Crippen molar-refractivity contribution in [2.75, 3.05) is 45.1 Å². The summed E-state index contributed by atoms with van der Waals surface area (Å²) >= 11 is 6.22. The summed E-state index contributed by atoms with van der Waals surface area (Å²) < 4.78 is 18.4. The number of benzene rings is 1. The van der Waals surface area contributed by atoms with Crippen LogP contribution >= 0.6 is 11.6 Å². The van der Waals surface area contributed by atoms with E-state index in [0.29, 0.717) is 28.9 Å². The van der Waals surface area contributed by atoms with Gasteiger partial charge in [-0.3, -0.25) is 19.2 Å². The molecule has 0 saturated carbocycles. The lowest BCUT2D eigenvalue weighted by molar-refractivity contribution is 0.149. The van der Waals surface area contributed by atoms with Crippen LogP contribution in [0.25, 0.3) is 33.1 Å². The molecule has 0 amide bonds. The Bertz CT molecular complexity index is 1840. The molecule has 42 heavy (non-hydrogen) atoms. The Labute approximate surface area is 248 Å². The molecule has 11 heteroatoms. The van der Waals surface area contributed by atoms with E-state index in [2.05, 4.69) is 38.2 Å². The average molecular weight is 589 g/mol. The zero-order chi connectivity index (χ0) is 29.5. The van der Waals surface area contributed by atoms with Gasteiger partial charge in [0.25, 0.3) is 5.56 Å². The highest BCUT2D eigenvalue weighted by Crippen LogP contribution is 2.35. The lowest BCUT2D eigenvalue weighted by Crippen LogP contribution is -2.45. The largest absolute Gasteiger partial charge is 0.377 e. The maximum absolute atomic E-state index is 14.7. The number of aromatic nitrogens is 5. The molecule has 4 aromatic heterocycles. The van der Waals surface area contributed by atoms with Crippen LogP contribution in [0.4, 0.5) is 10.1 Å². The molecule has 1 aliphatic heterocycles. The van der Waals surface area contributed by atoms with Gasteiger partial charge in [-0.2, -0.15) is 5.10 Å². The van der Waals surface area contributed by atoms with Gasteiger partial charge in [-0.1, -0.05) is 17.7 Å². The third kappa shape index (κ3) is 5.26. The van der Waals surface area contributed by atoms with Gasteiger partial charge in [0.2, 0.25) is 0 Å². The molecule has 1 unspecified atom stereocenters. The summed E-state index contributed by atoms with van der Waals surface area (Å²) in [7, 11) is 3.97. The second-order valence-electron chi connectivity index (χ2n) is 11.1. The molecule has 5 aromatic rings. The van der Waals surface area contributed by atoms with Gasteiger partial charge in [0.1, 0.15) is 10.8 Å². The van der Waals surface area contributed by atoms with E-state index < -0.39 is 5.82 Å². The van der Waals surface area contributed by atoms with Crippen LogP contribution in [0.2, 0.25) is 5.15 Å². The van der Waals surface area contributed by atoms with Crippen molar-refractivity contribution in [3.8, 4) is 11.3 Å². The third-order valence-electron chi connectivity index (χ3n) is 8.20. The summed E-state index contributed by atoms with van der Waals surface area (Å²) in [5.74, 6) is -0.488. The molecule has 218 valence electrons. The Morgan fingerprint density at radius 2 is 1.83 bits per heavy atom. The summed E-state index contributed by atoms with van der Waals surface area (Å²) in [6.45, 7) is 9.72. The number of likely N-dealkylation sites (N-methyl/N-ethyl adjacent to an activating group) is 1. The van der Waals surface area contributed by atoms with Crippen molar-refractivity contribution in [3.63, 3.8) is 0 Å². The molecular formula is C31H34ClFN8O. The van der Waals surface area contributed by atoms with Crippen LogP contribution in [0, 0.1) is 12.7 Å². The van der Waals surface area contributed by atoms with E-state index in [-0.39, 0.29) is 16.8 Å². The van der Waals surface area contributed by atoms with Crippen molar-refractivity contribution in [3.05, 3.63) is 81.4 Å². The topological polar surface area (TPSA) is 84.1 Å². The zero-order valence-electron chi connectivity index (χ0n) is 24.2. The maximum atomic E-state index is 14.7. The molecule has 0 bridgehead atoms. The van der Waals surface area contributed by atoms with E-state index in [1.807, 2.05) is 37.8 Å². The van der Waals surface area contributed by atoms with Gasteiger partial charge in [-0.15, -0.1) is 0 Å². The normalized spacial score (nSPS) is 15.5. The molecule has 1 atom stereocenters. The Balaban J connectivity index is 1.42. The standard InChI is InChI=1S/C31H34ClFN8O/c1-19-15-22(20(2)36-26-5-6-27(32)37-29(26)21-7-8-34-18-25(21)33)28-23(16-19)31(42)39(4)30-24(28)17-35-41(30)14-13-40-11-9-38(3)10-12-40/h5-8,15-18,20,36H,9-14H2,1-4H3. The quantitative estimate of drug-likeness (QED) is 0.272. The summed E-state index contributed by atoms with van der Waals surface area (Å²) in [5, 5.41) is 11.0. The fraction of sp³-hybridized carbons (Fsp3) is 0.355. The Morgan fingerprint density at radius 1 is 1.05 bits per heavy atom. The minimum atomic E-state index is -0.488. The first-order valence-corrected chi connectivity index (χ1v) is 14.5. The number of hydrogen-bond donors (Lipinski definition) is 1. The fourth-order valence-electron chi connectivity index (χ4n) is 5.92. The van der Waals surface area contributed by atoms with Crippen LogP contribution in [0.3, 0.4) is 0 Å². The van der Waals surface area contributed by atoms with Crippen molar-refractivity contribution in [1.82, 2.24) is 34.1 Å². The number of hydrogen-bond acceptors (Lipinski definition) is 7. The predicted molar refractivity (Wildman–Crippen MR) is 166 cm³/mol. The first-order valence-electron chi connectivity index (χ1n) is 14.1. The molecule has 1 fully saturated rings. The van der Waals surface area contributed by atoms with Crippen LogP contribution in [-0.2, 0) is 13.6 Å². The number of fused-ring (bicyclic) bond motifs is 3. The number of aryl methyl sites for hydroxylation is 2. The third-order valence-corrected chi connectivity index (χ3v) is 8.41. The number of pyridine rings is 3. The Kier molecular flexibility index (Phi) is 7.69.